The molecule has 3 aliphatic heterocycles. The van der Waals surface area contributed by atoms with Crippen LogP contribution in [0.5, 0.6) is 11.5 Å². The number of hydrogen-bond acceptors (Lipinski definition) is 5. The van der Waals surface area contributed by atoms with Gasteiger partial charge in [-0.15, -0.1) is 0 Å². The molecule has 1 fully saturated rings. The molecule has 0 aromatic heterocycles. The van der Waals surface area contributed by atoms with E-state index in [0.29, 0.717) is 49.1 Å². The Morgan fingerprint density at radius 3 is 2.33 bits per heavy atom. The zero-order valence-corrected chi connectivity index (χ0v) is 20.9. The number of carbonyl (C=O) groups is 1. The summed E-state index contributed by atoms with van der Waals surface area (Å²) in [7, 11) is -3.82. The summed E-state index contributed by atoms with van der Waals surface area (Å²) in [6.07, 6.45) is 4.56. The van der Waals surface area contributed by atoms with Crippen molar-refractivity contribution in [3.05, 3.63) is 77.4 Å². The van der Waals surface area contributed by atoms with Crippen LogP contribution in [0.25, 0.3) is 0 Å². The molecule has 0 unspecified atom stereocenters. The highest BCUT2D eigenvalue weighted by atomic mass is 32.2. The number of hydrogen-bond donors (Lipinski definition) is 1. The van der Waals surface area contributed by atoms with E-state index >= 15 is 0 Å². The van der Waals surface area contributed by atoms with Gasteiger partial charge in [-0.25, -0.2) is 8.42 Å². The van der Waals surface area contributed by atoms with E-state index in [9.17, 15) is 13.2 Å². The number of anilines is 2. The fourth-order valence-corrected chi connectivity index (χ4v) is 7.09. The van der Waals surface area contributed by atoms with Crippen molar-refractivity contribution < 1.29 is 17.9 Å². The molecule has 3 aliphatic rings. The van der Waals surface area contributed by atoms with E-state index in [1.165, 1.54) is 17.2 Å². The maximum Gasteiger partial charge on any atom is 0.259 e. The maximum atomic E-state index is 14.1. The fourth-order valence-electron chi connectivity index (χ4n) is 5.35. The molecule has 0 bridgehead atoms. The van der Waals surface area contributed by atoms with E-state index in [1.807, 2.05) is 24.3 Å². The smallest absolute Gasteiger partial charge is 0.259 e. The van der Waals surface area contributed by atoms with Gasteiger partial charge in [0.2, 0.25) is 10.0 Å². The van der Waals surface area contributed by atoms with Crippen molar-refractivity contribution in [3.63, 3.8) is 0 Å². The normalized spacial score (nSPS) is 18.1. The van der Waals surface area contributed by atoms with Gasteiger partial charge in [0.05, 0.1) is 16.9 Å². The van der Waals surface area contributed by atoms with Gasteiger partial charge in [0.15, 0.2) is 5.75 Å². The van der Waals surface area contributed by atoms with E-state index < -0.39 is 10.0 Å². The van der Waals surface area contributed by atoms with Crippen LogP contribution in [0.3, 0.4) is 0 Å². The molecular formula is C28H29N3O4S. The van der Waals surface area contributed by atoms with Gasteiger partial charge in [-0.1, -0.05) is 49.2 Å². The first-order valence-electron chi connectivity index (χ1n) is 12.6. The zero-order valence-electron chi connectivity index (χ0n) is 20.1. The average molecular weight is 504 g/mol. The quantitative estimate of drug-likeness (QED) is 0.533. The summed E-state index contributed by atoms with van der Waals surface area (Å²) >= 11 is 0. The third-order valence-electron chi connectivity index (χ3n) is 7.32. The highest BCUT2D eigenvalue weighted by Crippen LogP contribution is 2.42. The molecule has 1 amide bonds. The predicted molar refractivity (Wildman–Crippen MR) is 139 cm³/mol. The molecule has 3 heterocycles. The maximum absolute atomic E-state index is 14.1. The Labute approximate surface area is 211 Å². The number of rotatable bonds is 3. The second-order valence-electron chi connectivity index (χ2n) is 9.63. The minimum atomic E-state index is -3.82. The lowest BCUT2D eigenvalue weighted by Gasteiger charge is -2.33. The first-order valence-corrected chi connectivity index (χ1v) is 14.0. The summed E-state index contributed by atoms with van der Waals surface area (Å²) in [5.41, 5.74) is 3.83. The number of fused-ring (bicyclic) bond motifs is 3. The minimum absolute atomic E-state index is 0.173. The Morgan fingerprint density at radius 2 is 1.53 bits per heavy atom. The second-order valence-corrected chi connectivity index (χ2v) is 11.5. The Morgan fingerprint density at radius 1 is 0.806 bits per heavy atom. The second kappa shape index (κ2) is 9.26. The first kappa shape index (κ1) is 23.1. The lowest BCUT2D eigenvalue weighted by atomic mass is 9.99. The molecule has 1 N–H and O–H groups in total. The molecular weight excluding hydrogens is 474 g/mol. The summed E-state index contributed by atoms with van der Waals surface area (Å²) in [4.78, 5) is 15.5. The number of amides is 1. The molecule has 0 saturated carbocycles. The number of nitrogens with one attached hydrogen (secondary N) is 1. The fraction of sp³-hybridized carbons (Fsp3) is 0.321. The first-order chi connectivity index (χ1) is 17.5. The number of ether oxygens (including phenoxy) is 1. The van der Waals surface area contributed by atoms with Crippen molar-refractivity contribution in [3.8, 4) is 11.5 Å². The predicted octanol–water partition coefficient (Wildman–Crippen LogP) is 5.17. The number of carbonyl (C=O) groups excluding carboxylic acids is 1. The van der Waals surface area contributed by atoms with Crippen molar-refractivity contribution in [2.75, 3.05) is 29.9 Å². The monoisotopic (exact) mass is 503 g/mol. The van der Waals surface area contributed by atoms with Crippen LogP contribution < -0.4 is 15.0 Å². The van der Waals surface area contributed by atoms with Crippen LogP contribution in [0.15, 0.2) is 65.6 Å². The lowest BCUT2D eigenvalue weighted by Crippen LogP contribution is -2.36. The molecule has 7 nitrogen and oxygen atoms in total. The van der Waals surface area contributed by atoms with Gasteiger partial charge in [-0.05, 0) is 48.6 Å². The Hall–Kier alpha value is -3.36. The summed E-state index contributed by atoms with van der Waals surface area (Å²) in [5, 5.41) is 2.87. The van der Waals surface area contributed by atoms with E-state index in [0.717, 1.165) is 32.1 Å². The number of para-hydroxylation sites is 2. The van der Waals surface area contributed by atoms with Crippen molar-refractivity contribution in [2.45, 2.75) is 43.5 Å². The molecule has 0 atom stereocenters. The van der Waals surface area contributed by atoms with Gasteiger partial charge in [0, 0.05) is 32.2 Å². The molecule has 0 spiro atoms. The van der Waals surface area contributed by atoms with Gasteiger partial charge in [0.25, 0.3) is 5.91 Å². The molecule has 0 aliphatic carbocycles. The van der Waals surface area contributed by atoms with Gasteiger partial charge in [-0.3, -0.25) is 4.79 Å². The van der Waals surface area contributed by atoms with Crippen molar-refractivity contribution in [1.29, 1.82) is 0 Å². The van der Waals surface area contributed by atoms with E-state index in [-0.39, 0.29) is 16.4 Å². The summed E-state index contributed by atoms with van der Waals surface area (Å²) in [5.74, 6) is 0.515. The lowest BCUT2D eigenvalue weighted by molar-refractivity contribution is 0.102. The summed E-state index contributed by atoms with van der Waals surface area (Å²) in [6.45, 7) is 2.27. The van der Waals surface area contributed by atoms with Crippen molar-refractivity contribution in [2.24, 2.45) is 0 Å². The molecule has 0 radical (unpaired) electrons. The van der Waals surface area contributed by atoms with E-state index in [4.69, 9.17) is 4.74 Å². The SMILES string of the molecule is O=C1Nc2ccccc2Oc2cc(N3CCc4ccccc4C3)c(S(=O)(=O)N3CCCCCC3)cc21. The van der Waals surface area contributed by atoms with Crippen LogP contribution in [-0.4, -0.2) is 38.3 Å². The molecule has 6 rings (SSSR count). The molecule has 3 aromatic carbocycles. The third-order valence-corrected chi connectivity index (χ3v) is 9.24. The van der Waals surface area contributed by atoms with Crippen LogP contribution in [0.1, 0.15) is 47.2 Å². The molecule has 36 heavy (non-hydrogen) atoms. The highest BCUT2D eigenvalue weighted by molar-refractivity contribution is 7.89. The van der Waals surface area contributed by atoms with Crippen molar-refractivity contribution in [1.82, 2.24) is 4.31 Å². The Bertz CT molecular complexity index is 1430. The summed E-state index contributed by atoms with van der Waals surface area (Å²) < 4.78 is 35.9. The Kier molecular flexibility index (Phi) is 5.93. The Balaban J connectivity index is 1.49. The zero-order chi connectivity index (χ0) is 24.7. The van der Waals surface area contributed by atoms with Crippen LogP contribution in [0.2, 0.25) is 0 Å². The topological polar surface area (TPSA) is 79.0 Å². The molecule has 3 aromatic rings. The molecule has 8 heteroatoms. The number of benzene rings is 3. The van der Waals surface area contributed by atoms with Crippen LogP contribution in [0.4, 0.5) is 11.4 Å². The molecule has 1 saturated heterocycles. The largest absolute Gasteiger partial charge is 0.454 e. The third kappa shape index (κ3) is 4.14. The van der Waals surface area contributed by atoms with Gasteiger partial charge in [0.1, 0.15) is 10.6 Å². The van der Waals surface area contributed by atoms with Crippen molar-refractivity contribution >= 4 is 27.3 Å². The standard InChI is InChI=1S/C28H29N3O4S/c32-28-22-17-27(36(33,34)31-14-7-1-2-8-15-31)24(30-16-13-20-9-3-4-10-21(20)19-30)18-26(22)35-25-12-6-5-11-23(25)29-28/h3-6,9-12,17-18H,1-2,7-8,13-16,19H2,(H,29,32). The van der Waals surface area contributed by atoms with E-state index in [1.54, 1.807) is 22.5 Å². The van der Waals surface area contributed by atoms with Crippen LogP contribution >= 0.6 is 0 Å². The number of sulfonamides is 1. The summed E-state index contributed by atoms with van der Waals surface area (Å²) in [6, 6.07) is 18.8. The van der Waals surface area contributed by atoms with Gasteiger partial charge >= 0.3 is 0 Å². The van der Waals surface area contributed by atoms with Gasteiger partial charge in [-0.2, -0.15) is 4.31 Å². The van der Waals surface area contributed by atoms with Gasteiger partial charge < -0.3 is 15.0 Å². The number of nitrogens with zero attached hydrogens (tertiary/aromatic N) is 2. The average Bonchev–Trinajstić information content (AvgIpc) is 3.26. The molecule has 186 valence electrons. The van der Waals surface area contributed by atoms with Crippen LogP contribution in [-0.2, 0) is 23.0 Å². The van der Waals surface area contributed by atoms with E-state index in [2.05, 4.69) is 22.3 Å². The minimum Gasteiger partial charge on any atom is -0.454 e. The van der Waals surface area contributed by atoms with Crippen LogP contribution in [0, 0.1) is 0 Å². The highest BCUT2D eigenvalue weighted by Gasteiger charge is 2.34.